The van der Waals surface area contributed by atoms with Crippen molar-refractivity contribution in [1.82, 2.24) is 5.06 Å². The smallest absolute Gasteiger partial charge is 0.313 e. The number of rotatable bonds is 5. The SMILES string of the molecule is CON(C)C(=O)c1occc1CS(=O)(=O)c1ccccc1. The molecule has 1 aromatic carbocycles. The van der Waals surface area contributed by atoms with Gasteiger partial charge in [-0.05, 0) is 18.2 Å². The molecule has 0 N–H and O–H groups in total. The lowest BCUT2D eigenvalue weighted by Crippen LogP contribution is -2.26. The van der Waals surface area contributed by atoms with Crippen molar-refractivity contribution in [2.24, 2.45) is 0 Å². The third kappa shape index (κ3) is 3.32. The van der Waals surface area contributed by atoms with Crippen molar-refractivity contribution >= 4 is 15.7 Å². The van der Waals surface area contributed by atoms with Gasteiger partial charge in [-0.2, -0.15) is 0 Å². The predicted molar refractivity (Wildman–Crippen MR) is 75.1 cm³/mol. The average Bonchev–Trinajstić information content (AvgIpc) is 2.94. The molecule has 0 aliphatic heterocycles. The van der Waals surface area contributed by atoms with Crippen LogP contribution in [0.15, 0.2) is 52.0 Å². The van der Waals surface area contributed by atoms with E-state index in [1.54, 1.807) is 18.2 Å². The molecular formula is C14H15NO5S. The molecule has 0 saturated carbocycles. The van der Waals surface area contributed by atoms with E-state index in [-0.39, 0.29) is 16.4 Å². The van der Waals surface area contributed by atoms with Gasteiger partial charge in [-0.3, -0.25) is 9.63 Å². The second kappa shape index (κ2) is 6.11. The highest BCUT2D eigenvalue weighted by atomic mass is 32.2. The summed E-state index contributed by atoms with van der Waals surface area (Å²) < 4.78 is 29.7. The molecule has 112 valence electrons. The molecule has 0 fully saturated rings. The molecule has 2 aromatic rings. The van der Waals surface area contributed by atoms with Gasteiger partial charge in [0.05, 0.1) is 24.0 Å². The number of amides is 1. The number of benzene rings is 1. The highest BCUT2D eigenvalue weighted by Gasteiger charge is 2.24. The summed E-state index contributed by atoms with van der Waals surface area (Å²) in [5, 5.41) is 0.970. The first-order chi connectivity index (χ1) is 9.95. The molecule has 0 saturated heterocycles. The Morgan fingerprint density at radius 1 is 1.24 bits per heavy atom. The zero-order chi connectivity index (χ0) is 15.5. The van der Waals surface area contributed by atoms with Crippen LogP contribution in [0.4, 0.5) is 0 Å². The second-order valence-corrected chi connectivity index (χ2v) is 6.32. The van der Waals surface area contributed by atoms with Gasteiger partial charge in [0.15, 0.2) is 15.6 Å². The fraction of sp³-hybridized carbons (Fsp3) is 0.214. The Kier molecular flexibility index (Phi) is 4.44. The maximum absolute atomic E-state index is 12.3. The predicted octanol–water partition coefficient (Wildman–Crippen LogP) is 1.89. The van der Waals surface area contributed by atoms with Crippen LogP contribution in [-0.4, -0.2) is 33.5 Å². The van der Waals surface area contributed by atoms with Crippen LogP contribution in [-0.2, 0) is 20.4 Å². The van der Waals surface area contributed by atoms with Crippen LogP contribution in [0.2, 0.25) is 0 Å². The quantitative estimate of drug-likeness (QED) is 0.788. The Hall–Kier alpha value is -2.12. The van der Waals surface area contributed by atoms with E-state index in [1.165, 1.54) is 38.6 Å². The minimum absolute atomic E-state index is 0.0427. The molecule has 0 atom stereocenters. The largest absolute Gasteiger partial charge is 0.459 e. The number of hydrogen-bond donors (Lipinski definition) is 0. The Bertz CT molecular complexity index is 721. The molecular weight excluding hydrogens is 294 g/mol. The van der Waals surface area contributed by atoms with Gasteiger partial charge >= 0.3 is 5.91 Å². The van der Waals surface area contributed by atoms with Crippen molar-refractivity contribution in [3.05, 3.63) is 54.0 Å². The van der Waals surface area contributed by atoms with E-state index in [4.69, 9.17) is 9.25 Å². The fourth-order valence-corrected chi connectivity index (χ4v) is 3.15. The van der Waals surface area contributed by atoms with Gasteiger partial charge in [0.25, 0.3) is 0 Å². The van der Waals surface area contributed by atoms with E-state index in [2.05, 4.69) is 0 Å². The number of furan rings is 1. The van der Waals surface area contributed by atoms with Crippen LogP contribution >= 0.6 is 0 Å². The topological polar surface area (TPSA) is 76.8 Å². The van der Waals surface area contributed by atoms with Crippen LogP contribution < -0.4 is 0 Å². The first kappa shape index (κ1) is 15.3. The number of carbonyl (C=O) groups is 1. The Balaban J connectivity index is 2.30. The van der Waals surface area contributed by atoms with Gasteiger partial charge in [0, 0.05) is 12.6 Å². The molecule has 0 aliphatic rings. The summed E-state index contributed by atoms with van der Waals surface area (Å²) >= 11 is 0. The molecule has 0 spiro atoms. The first-order valence-corrected chi connectivity index (χ1v) is 7.77. The molecule has 6 nitrogen and oxygen atoms in total. The minimum atomic E-state index is -3.54. The molecule has 1 aromatic heterocycles. The van der Waals surface area contributed by atoms with E-state index in [1.807, 2.05) is 0 Å². The van der Waals surface area contributed by atoms with Crippen molar-refractivity contribution in [2.45, 2.75) is 10.6 Å². The first-order valence-electron chi connectivity index (χ1n) is 6.12. The van der Waals surface area contributed by atoms with Gasteiger partial charge in [0.2, 0.25) is 0 Å². The average molecular weight is 309 g/mol. The third-order valence-electron chi connectivity index (χ3n) is 2.95. The van der Waals surface area contributed by atoms with E-state index < -0.39 is 15.7 Å². The van der Waals surface area contributed by atoms with Crippen molar-refractivity contribution < 1.29 is 22.5 Å². The van der Waals surface area contributed by atoms with Crippen molar-refractivity contribution in [2.75, 3.05) is 14.2 Å². The summed E-state index contributed by atoms with van der Waals surface area (Å²) in [6.45, 7) is 0. The number of carbonyl (C=O) groups excluding carboxylic acids is 1. The second-order valence-electron chi connectivity index (χ2n) is 4.33. The van der Waals surface area contributed by atoms with Crippen LogP contribution in [0.1, 0.15) is 16.1 Å². The zero-order valence-corrected chi connectivity index (χ0v) is 12.5. The van der Waals surface area contributed by atoms with E-state index >= 15 is 0 Å². The van der Waals surface area contributed by atoms with Crippen LogP contribution in [0.25, 0.3) is 0 Å². The van der Waals surface area contributed by atoms with Crippen LogP contribution in [0, 0.1) is 0 Å². The minimum Gasteiger partial charge on any atom is -0.459 e. The molecule has 0 unspecified atom stereocenters. The lowest BCUT2D eigenvalue weighted by Gasteiger charge is -2.12. The summed E-state index contributed by atoms with van der Waals surface area (Å²) in [4.78, 5) is 17.0. The summed E-state index contributed by atoms with van der Waals surface area (Å²) in [5.74, 6) is -0.897. The maximum Gasteiger partial charge on any atom is 0.313 e. The van der Waals surface area contributed by atoms with Gasteiger partial charge in [0.1, 0.15) is 0 Å². The molecule has 0 bridgehead atoms. The van der Waals surface area contributed by atoms with E-state index in [9.17, 15) is 13.2 Å². The molecule has 2 rings (SSSR count). The highest BCUT2D eigenvalue weighted by Crippen LogP contribution is 2.20. The highest BCUT2D eigenvalue weighted by molar-refractivity contribution is 7.90. The molecule has 7 heteroatoms. The van der Waals surface area contributed by atoms with Crippen molar-refractivity contribution in [3.8, 4) is 0 Å². The molecule has 21 heavy (non-hydrogen) atoms. The van der Waals surface area contributed by atoms with Crippen molar-refractivity contribution in [1.29, 1.82) is 0 Å². The van der Waals surface area contributed by atoms with Crippen LogP contribution in [0.3, 0.4) is 0 Å². The monoisotopic (exact) mass is 309 g/mol. The normalized spacial score (nSPS) is 11.3. The summed E-state index contributed by atoms with van der Waals surface area (Å²) in [7, 11) is -0.792. The lowest BCUT2D eigenvalue weighted by molar-refractivity contribution is -0.0774. The van der Waals surface area contributed by atoms with Gasteiger partial charge in [-0.15, -0.1) is 0 Å². The number of hydroxylamine groups is 2. The number of sulfone groups is 1. The summed E-state index contributed by atoms with van der Waals surface area (Å²) in [6, 6.07) is 9.52. The van der Waals surface area contributed by atoms with Gasteiger partial charge in [-0.25, -0.2) is 13.5 Å². The standard InChI is InChI=1S/C14H15NO5S/c1-15(19-2)14(16)13-11(8-9-20-13)10-21(17,18)12-6-4-3-5-7-12/h3-9H,10H2,1-2H3. The number of nitrogens with zero attached hydrogens (tertiary/aromatic N) is 1. The summed E-state index contributed by atoms with van der Waals surface area (Å²) in [6.07, 6.45) is 1.28. The lowest BCUT2D eigenvalue weighted by atomic mass is 10.2. The molecule has 0 aliphatic carbocycles. The van der Waals surface area contributed by atoms with E-state index in [0.717, 1.165) is 5.06 Å². The van der Waals surface area contributed by atoms with Gasteiger partial charge < -0.3 is 4.42 Å². The fourth-order valence-electron chi connectivity index (χ4n) is 1.78. The third-order valence-corrected chi connectivity index (χ3v) is 4.63. The number of hydrogen-bond acceptors (Lipinski definition) is 5. The Morgan fingerprint density at radius 3 is 2.52 bits per heavy atom. The molecule has 1 heterocycles. The Morgan fingerprint density at radius 2 is 1.90 bits per heavy atom. The van der Waals surface area contributed by atoms with Gasteiger partial charge in [-0.1, -0.05) is 18.2 Å². The van der Waals surface area contributed by atoms with E-state index in [0.29, 0.717) is 5.56 Å². The maximum atomic E-state index is 12.3. The summed E-state index contributed by atoms with van der Waals surface area (Å²) in [5.41, 5.74) is 0.299. The Labute approximate surface area is 122 Å². The zero-order valence-electron chi connectivity index (χ0n) is 11.6. The molecule has 1 amide bonds. The molecule has 0 radical (unpaired) electrons. The van der Waals surface area contributed by atoms with Crippen molar-refractivity contribution in [3.63, 3.8) is 0 Å². The van der Waals surface area contributed by atoms with Crippen LogP contribution in [0.5, 0.6) is 0 Å².